The average Bonchev–Trinajstić information content (AvgIpc) is 3.26. The first-order valence-corrected chi connectivity index (χ1v) is 11.1. The molecule has 0 unspecified atom stereocenters. The highest BCUT2D eigenvalue weighted by molar-refractivity contribution is 7.99. The molecule has 4 rings (SSSR count). The zero-order chi connectivity index (χ0) is 20.8. The maximum absolute atomic E-state index is 12.7. The third-order valence-corrected chi connectivity index (χ3v) is 6.20. The van der Waals surface area contributed by atoms with Crippen LogP contribution >= 0.6 is 11.8 Å². The van der Waals surface area contributed by atoms with E-state index in [2.05, 4.69) is 27.4 Å². The normalized spacial score (nSPS) is 12.5. The quantitative estimate of drug-likeness (QED) is 0.448. The van der Waals surface area contributed by atoms with Crippen LogP contribution in [-0.4, -0.2) is 32.7 Å². The van der Waals surface area contributed by atoms with Crippen LogP contribution in [0.1, 0.15) is 28.8 Å². The van der Waals surface area contributed by atoms with Crippen LogP contribution in [0.3, 0.4) is 0 Å². The second kappa shape index (κ2) is 9.71. The molecule has 0 atom stereocenters. The van der Waals surface area contributed by atoms with Crippen LogP contribution < -0.4 is 11.0 Å². The van der Waals surface area contributed by atoms with Gasteiger partial charge in [0.15, 0.2) is 0 Å². The molecule has 0 aliphatic heterocycles. The first-order chi connectivity index (χ1) is 14.7. The van der Waals surface area contributed by atoms with Gasteiger partial charge in [0.2, 0.25) is 5.91 Å². The minimum Gasteiger partial charge on any atom is -0.355 e. The molecule has 6 nitrogen and oxygen atoms in total. The number of thioether (sulfide) groups is 1. The number of rotatable bonds is 8. The van der Waals surface area contributed by atoms with Crippen molar-refractivity contribution in [1.29, 1.82) is 0 Å². The lowest BCUT2D eigenvalue weighted by molar-refractivity contribution is -0.118. The maximum atomic E-state index is 12.7. The fraction of sp³-hybridized carbons (Fsp3) is 0.304. The lowest BCUT2D eigenvalue weighted by Gasteiger charge is -2.14. The average molecular weight is 421 g/mol. The molecule has 3 aromatic rings. The lowest BCUT2D eigenvalue weighted by atomic mass is 10.1. The van der Waals surface area contributed by atoms with E-state index in [-0.39, 0.29) is 17.3 Å². The Morgan fingerprint density at radius 2 is 1.93 bits per heavy atom. The fourth-order valence-electron chi connectivity index (χ4n) is 3.72. The number of nitrogens with one attached hydrogen (secondary N) is 1. The van der Waals surface area contributed by atoms with Gasteiger partial charge in [0.25, 0.3) is 0 Å². The van der Waals surface area contributed by atoms with E-state index in [9.17, 15) is 9.59 Å². The van der Waals surface area contributed by atoms with Crippen LogP contribution in [0.25, 0.3) is 0 Å². The van der Waals surface area contributed by atoms with Crippen molar-refractivity contribution in [3.05, 3.63) is 87.7 Å². The Kier molecular flexibility index (Phi) is 6.59. The van der Waals surface area contributed by atoms with E-state index >= 15 is 0 Å². The molecule has 0 bridgehead atoms. The molecule has 30 heavy (non-hydrogen) atoms. The van der Waals surface area contributed by atoms with Gasteiger partial charge in [0.05, 0.1) is 12.3 Å². The van der Waals surface area contributed by atoms with Crippen molar-refractivity contribution in [2.45, 2.75) is 37.3 Å². The Bertz CT molecular complexity index is 1070. The van der Waals surface area contributed by atoms with Gasteiger partial charge in [-0.25, -0.2) is 4.79 Å². The van der Waals surface area contributed by atoms with Gasteiger partial charge in [0.1, 0.15) is 5.03 Å². The molecule has 2 aromatic heterocycles. The Labute approximate surface area is 179 Å². The van der Waals surface area contributed by atoms with Gasteiger partial charge >= 0.3 is 5.69 Å². The van der Waals surface area contributed by atoms with E-state index in [1.165, 1.54) is 17.3 Å². The molecule has 0 fully saturated rings. The van der Waals surface area contributed by atoms with E-state index in [1.807, 2.05) is 30.3 Å². The molecule has 7 heteroatoms. The number of nitrogens with zero attached hydrogens (tertiary/aromatic N) is 3. The Balaban J connectivity index is 1.39. The second-order valence-corrected chi connectivity index (χ2v) is 8.26. The van der Waals surface area contributed by atoms with Crippen molar-refractivity contribution in [2.75, 3.05) is 12.3 Å². The number of pyridine rings is 1. The Hall–Kier alpha value is -2.93. The standard InChI is InChI=1S/C23H24N4O2S/c28-21(25-13-11-17-6-2-1-3-7-17)16-30-22-19-9-4-10-20(19)27(23(29)26-22)15-18-8-5-12-24-14-18/h1-3,5-8,12,14H,4,9-11,13,15-16H2,(H,25,28). The molecular formula is C23H24N4O2S. The topological polar surface area (TPSA) is 76.9 Å². The number of hydrogen-bond acceptors (Lipinski definition) is 5. The second-order valence-electron chi connectivity index (χ2n) is 7.30. The molecule has 1 N–H and O–H groups in total. The van der Waals surface area contributed by atoms with Crippen LogP contribution in [0, 0.1) is 0 Å². The summed E-state index contributed by atoms with van der Waals surface area (Å²) in [6.45, 7) is 1.08. The Morgan fingerprint density at radius 1 is 1.10 bits per heavy atom. The van der Waals surface area contributed by atoms with E-state index < -0.39 is 0 Å². The van der Waals surface area contributed by atoms with Crippen LogP contribution in [0.5, 0.6) is 0 Å². The van der Waals surface area contributed by atoms with E-state index in [0.29, 0.717) is 18.1 Å². The molecule has 0 radical (unpaired) electrons. The van der Waals surface area contributed by atoms with Crippen molar-refractivity contribution >= 4 is 17.7 Å². The van der Waals surface area contributed by atoms with Crippen molar-refractivity contribution in [2.24, 2.45) is 0 Å². The SMILES string of the molecule is O=C(CSc1nc(=O)n(Cc2cccnc2)c2c1CCC2)NCCc1ccccc1. The Morgan fingerprint density at radius 3 is 2.73 bits per heavy atom. The largest absolute Gasteiger partial charge is 0.355 e. The van der Waals surface area contributed by atoms with Crippen molar-refractivity contribution < 1.29 is 4.79 Å². The summed E-state index contributed by atoms with van der Waals surface area (Å²) in [6.07, 6.45) is 7.06. The highest BCUT2D eigenvalue weighted by Gasteiger charge is 2.22. The zero-order valence-corrected chi connectivity index (χ0v) is 17.5. The summed E-state index contributed by atoms with van der Waals surface area (Å²) in [5.74, 6) is 0.226. The van der Waals surface area contributed by atoms with Crippen molar-refractivity contribution in [3.63, 3.8) is 0 Å². The van der Waals surface area contributed by atoms with Crippen LogP contribution in [0.15, 0.2) is 64.7 Å². The molecular weight excluding hydrogens is 396 g/mol. The monoisotopic (exact) mass is 420 g/mol. The van der Waals surface area contributed by atoms with Gasteiger partial charge in [-0.1, -0.05) is 48.2 Å². The van der Waals surface area contributed by atoms with Crippen LogP contribution in [0.4, 0.5) is 0 Å². The maximum Gasteiger partial charge on any atom is 0.349 e. The van der Waals surface area contributed by atoms with E-state index in [4.69, 9.17) is 0 Å². The summed E-state index contributed by atoms with van der Waals surface area (Å²) in [4.78, 5) is 33.4. The summed E-state index contributed by atoms with van der Waals surface area (Å²) >= 11 is 1.36. The number of hydrogen-bond donors (Lipinski definition) is 1. The number of benzene rings is 1. The minimum absolute atomic E-state index is 0.0379. The summed E-state index contributed by atoms with van der Waals surface area (Å²) in [5, 5.41) is 3.65. The van der Waals surface area contributed by atoms with Gasteiger partial charge in [-0.3, -0.25) is 14.3 Å². The minimum atomic E-state index is -0.258. The number of carbonyl (C=O) groups excluding carboxylic acids is 1. The number of amides is 1. The van der Waals surface area contributed by atoms with Gasteiger partial charge in [-0.15, -0.1) is 0 Å². The summed E-state index contributed by atoms with van der Waals surface area (Å²) in [7, 11) is 0. The van der Waals surface area contributed by atoms with Crippen LogP contribution in [-0.2, 0) is 30.6 Å². The highest BCUT2D eigenvalue weighted by atomic mass is 32.2. The molecule has 1 aromatic carbocycles. The molecule has 1 aliphatic rings. The zero-order valence-electron chi connectivity index (χ0n) is 16.7. The van der Waals surface area contributed by atoms with E-state index in [0.717, 1.165) is 42.5 Å². The third kappa shape index (κ3) is 4.97. The van der Waals surface area contributed by atoms with Crippen molar-refractivity contribution in [3.8, 4) is 0 Å². The number of fused-ring (bicyclic) bond motifs is 1. The molecule has 1 amide bonds. The summed E-state index contributed by atoms with van der Waals surface area (Å²) in [6, 6.07) is 13.9. The smallest absolute Gasteiger partial charge is 0.349 e. The predicted octanol–water partition coefficient (Wildman–Crippen LogP) is 2.63. The third-order valence-electron chi connectivity index (χ3n) is 5.18. The molecule has 1 aliphatic carbocycles. The first-order valence-electron chi connectivity index (χ1n) is 10.2. The molecule has 154 valence electrons. The van der Waals surface area contributed by atoms with Gasteiger partial charge in [-0.2, -0.15) is 4.98 Å². The number of aromatic nitrogens is 3. The molecule has 0 saturated heterocycles. The van der Waals surface area contributed by atoms with Gasteiger partial charge < -0.3 is 5.32 Å². The molecule has 0 saturated carbocycles. The predicted molar refractivity (Wildman–Crippen MR) is 118 cm³/mol. The molecule has 0 spiro atoms. The fourth-order valence-corrected chi connectivity index (χ4v) is 4.63. The molecule has 2 heterocycles. The first kappa shape index (κ1) is 20.3. The van der Waals surface area contributed by atoms with Gasteiger partial charge in [-0.05, 0) is 42.9 Å². The summed E-state index contributed by atoms with van der Waals surface area (Å²) in [5.41, 5.74) is 4.08. The lowest BCUT2D eigenvalue weighted by Crippen LogP contribution is -2.29. The van der Waals surface area contributed by atoms with Gasteiger partial charge in [0, 0.05) is 30.2 Å². The number of carbonyl (C=O) groups is 1. The van der Waals surface area contributed by atoms with Crippen molar-refractivity contribution in [1.82, 2.24) is 19.9 Å². The highest BCUT2D eigenvalue weighted by Crippen LogP contribution is 2.29. The van der Waals surface area contributed by atoms with Crippen LogP contribution in [0.2, 0.25) is 0 Å². The summed E-state index contributed by atoms with van der Waals surface area (Å²) < 4.78 is 1.75. The van der Waals surface area contributed by atoms with E-state index in [1.54, 1.807) is 17.0 Å².